The molecular weight excluding hydrogens is 300 g/mol. The average molecular weight is 323 g/mol. The molecule has 0 amide bonds. The maximum absolute atomic E-state index is 3.79. The summed E-state index contributed by atoms with van der Waals surface area (Å²) in [5, 5.41) is 3.64. The highest BCUT2D eigenvalue weighted by Crippen LogP contribution is 2.42. The summed E-state index contributed by atoms with van der Waals surface area (Å²) in [6.45, 7) is 5.49. The fraction of sp³-hybridized carbons (Fsp3) is 0.625. The van der Waals surface area contributed by atoms with Crippen LogP contribution in [0, 0.1) is 6.92 Å². The summed E-state index contributed by atoms with van der Waals surface area (Å²) in [4.78, 5) is 2.69. The quantitative estimate of drug-likeness (QED) is 0.908. The molecule has 3 heteroatoms. The Morgan fingerprint density at radius 3 is 2.58 bits per heavy atom. The van der Waals surface area contributed by atoms with Gasteiger partial charge in [-0.3, -0.25) is 0 Å². The summed E-state index contributed by atoms with van der Waals surface area (Å²) in [5.41, 5.74) is 2.74. The molecule has 1 aromatic carbocycles. The van der Waals surface area contributed by atoms with Crippen molar-refractivity contribution in [2.24, 2.45) is 0 Å². The molecule has 2 aliphatic rings. The lowest BCUT2D eigenvalue weighted by molar-refractivity contribution is 0.361. The van der Waals surface area contributed by atoms with Gasteiger partial charge in [-0.05, 0) is 66.7 Å². The van der Waals surface area contributed by atoms with E-state index in [-0.39, 0.29) is 0 Å². The largest absolute Gasteiger partial charge is 0.365 e. The number of nitrogens with zero attached hydrogens (tertiary/aromatic N) is 1. The smallest absolute Gasteiger partial charge is 0.0518 e. The molecule has 3 rings (SSSR count). The van der Waals surface area contributed by atoms with E-state index in [1.807, 2.05) is 0 Å². The third-order valence-electron chi connectivity index (χ3n) is 4.68. The minimum absolute atomic E-state index is 0.723. The third kappa shape index (κ3) is 2.43. The minimum Gasteiger partial charge on any atom is -0.365 e. The van der Waals surface area contributed by atoms with Gasteiger partial charge in [0.2, 0.25) is 0 Å². The predicted octanol–water partition coefficient (Wildman–Crippen LogP) is 3.87. The second-order valence-electron chi connectivity index (χ2n) is 5.93. The van der Waals surface area contributed by atoms with E-state index in [1.165, 1.54) is 41.4 Å². The van der Waals surface area contributed by atoms with Crippen molar-refractivity contribution in [3.63, 3.8) is 0 Å². The number of aryl methyl sites for hydroxylation is 1. The first kappa shape index (κ1) is 13.4. The number of fused-ring (bicyclic) bond motifs is 2. The number of hydrogen-bond acceptors (Lipinski definition) is 2. The molecule has 19 heavy (non-hydrogen) atoms. The third-order valence-corrected chi connectivity index (χ3v) is 5.71. The number of benzene rings is 1. The van der Waals surface area contributed by atoms with Gasteiger partial charge in [0.1, 0.15) is 0 Å². The van der Waals surface area contributed by atoms with Gasteiger partial charge in [-0.25, -0.2) is 0 Å². The van der Waals surface area contributed by atoms with Crippen LogP contribution in [-0.4, -0.2) is 24.7 Å². The Morgan fingerprint density at radius 1 is 1.26 bits per heavy atom. The van der Waals surface area contributed by atoms with Crippen molar-refractivity contribution >= 4 is 21.6 Å². The summed E-state index contributed by atoms with van der Waals surface area (Å²) in [6.07, 6.45) is 5.30. The molecular formula is C16H23BrN2. The first-order chi connectivity index (χ1) is 9.20. The summed E-state index contributed by atoms with van der Waals surface area (Å²) < 4.78 is 1.29. The predicted molar refractivity (Wildman–Crippen MR) is 84.9 cm³/mol. The van der Waals surface area contributed by atoms with Crippen LogP contribution >= 0.6 is 15.9 Å². The van der Waals surface area contributed by atoms with Crippen molar-refractivity contribution in [1.29, 1.82) is 0 Å². The van der Waals surface area contributed by atoms with Crippen LogP contribution in [0.15, 0.2) is 22.7 Å². The monoisotopic (exact) mass is 322 g/mol. The molecule has 2 heterocycles. The highest BCUT2D eigenvalue weighted by molar-refractivity contribution is 9.10. The number of anilines is 1. The molecule has 0 saturated carbocycles. The van der Waals surface area contributed by atoms with Crippen LogP contribution in [0.1, 0.15) is 38.2 Å². The fourth-order valence-electron chi connectivity index (χ4n) is 3.86. The van der Waals surface area contributed by atoms with Crippen molar-refractivity contribution in [2.75, 3.05) is 11.4 Å². The molecule has 2 fully saturated rings. The molecule has 2 bridgehead atoms. The van der Waals surface area contributed by atoms with Gasteiger partial charge in [0.25, 0.3) is 0 Å². The van der Waals surface area contributed by atoms with Crippen LogP contribution in [0.4, 0.5) is 5.69 Å². The maximum Gasteiger partial charge on any atom is 0.0518 e. The second kappa shape index (κ2) is 5.45. The zero-order valence-electron chi connectivity index (χ0n) is 11.8. The molecule has 0 aromatic heterocycles. The number of halogens is 1. The van der Waals surface area contributed by atoms with Crippen molar-refractivity contribution in [3.8, 4) is 0 Å². The summed E-state index contributed by atoms with van der Waals surface area (Å²) in [5.74, 6) is 0. The molecule has 0 spiro atoms. The van der Waals surface area contributed by atoms with E-state index < -0.39 is 0 Å². The molecule has 2 aliphatic heterocycles. The molecule has 104 valence electrons. The van der Waals surface area contributed by atoms with Crippen LogP contribution in [0.2, 0.25) is 0 Å². The van der Waals surface area contributed by atoms with E-state index in [4.69, 9.17) is 0 Å². The summed E-state index contributed by atoms with van der Waals surface area (Å²) >= 11 is 3.79. The van der Waals surface area contributed by atoms with Gasteiger partial charge in [0.05, 0.1) is 5.69 Å². The van der Waals surface area contributed by atoms with Crippen LogP contribution < -0.4 is 10.2 Å². The lowest BCUT2D eigenvalue weighted by atomic mass is 9.96. The van der Waals surface area contributed by atoms with E-state index in [0.29, 0.717) is 0 Å². The maximum atomic E-state index is 3.79. The van der Waals surface area contributed by atoms with Gasteiger partial charge in [-0.15, -0.1) is 0 Å². The topological polar surface area (TPSA) is 15.3 Å². The Labute approximate surface area is 124 Å². The number of piperidine rings is 1. The molecule has 0 radical (unpaired) electrons. The molecule has 2 atom stereocenters. The van der Waals surface area contributed by atoms with Crippen LogP contribution in [0.5, 0.6) is 0 Å². The first-order valence-electron chi connectivity index (χ1n) is 7.47. The minimum atomic E-state index is 0.723. The second-order valence-corrected chi connectivity index (χ2v) is 6.72. The standard InChI is InChI=1S/C16H23BrN2/c1-3-18-12-9-13-7-8-14(10-12)19(13)15-6-4-5-11(2)16(15)17/h4-6,12-14,18H,3,7-10H2,1-2H3. The number of hydrogen-bond donors (Lipinski definition) is 1. The lowest BCUT2D eigenvalue weighted by Crippen LogP contribution is -2.49. The number of nitrogens with one attached hydrogen (secondary N) is 1. The SMILES string of the molecule is CCNC1CC2CCC(C1)N2c1cccc(C)c1Br. The number of rotatable bonds is 3. The Morgan fingerprint density at radius 2 is 1.95 bits per heavy atom. The van der Waals surface area contributed by atoms with Crippen molar-refractivity contribution in [3.05, 3.63) is 28.2 Å². The molecule has 2 nitrogen and oxygen atoms in total. The molecule has 1 N–H and O–H groups in total. The average Bonchev–Trinajstić information content (AvgIpc) is 2.65. The van der Waals surface area contributed by atoms with Gasteiger partial charge in [0, 0.05) is 22.6 Å². The Kier molecular flexibility index (Phi) is 3.86. The zero-order chi connectivity index (χ0) is 13.4. The van der Waals surface area contributed by atoms with E-state index in [2.05, 4.69) is 58.2 Å². The zero-order valence-corrected chi connectivity index (χ0v) is 13.4. The highest BCUT2D eigenvalue weighted by Gasteiger charge is 2.41. The van der Waals surface area contributed by atoms with Crippen LogP contribution in [-0.2, 0) is 0 Å². The normalized spacial score (nSPS) is 29.8. The van der Waals surface area contributed by atoms with E-state index in [1.54, 1.807) is 0 Å². The van der Waals surface area contributed by atoms with Gasteiger partial charge in [-0.1, -0.05) is 19.1 Å². The van der Waals surface area contributed by atoms with Gasteiger partial charge in [-0.2, -0.15) is 0 Å². The fourth-order valence-corrected chi connectivity index (χ4v) is 4.33. The van der Waals surface area contributed by atoms with E-state index in [9.17, 15) is 0 Å². The van der Waals surface area contributed by atoms with E-state index >= 15 is 0 Å². The molecule has 2 unspecified atom stereocenters. The Bertz CT molecular complexity index is 446. The van der Waals surface area contributed by atoms with Crippen LogP contribution in [0.25, 0.3) is 0 Å². The molecule has 2 saturated heterocycles. The Balaban J connectivity index is 1.85. The molecule has 0 aliphatic carbocycles. The van der Waals surface area contributed by atoms with Crippen molar-refractivity contribution < 1.29 is 0 Å². The van der Waals surface area contributed by atoms with Crippen LogP contribution in [0.3, 0.4) is 0 Å². The van der Waals surface area contributed by atoms with Gasteiger partial charge >= 0.3 is 0 Å². The van der Waals surface area contributed by atoms with Gasteiger partial charge in [0.15, 0.2) is 0 Å². The summed E-state index contributed by atoms with van der Waals surface area (Å²) in [7, 11) is 0. The highest BCUT2D eigenvalue weighted by atomic mass is 79.9. The first-order valence-corrected chi connectivity index (χ1v) is 8.26. The summed E-state index contributed by atoms with van der Waals surface area (Å²) in [6, 6.07) is 8.81. The molecule has 1 aromatic rings. The van der Waals surface area contributed by atoms with Gasteiger partial charge < -0.3 is 10.2 Å². The Hall–Kier alpha value is -0.540. The van der Waals surface area contributed by atoms with E-state index in [0.717, 1.165) is 24.7 Å². The van der Waals surface area contributed by atoms with Crippen molar-refractivity contribution in [2.45, 2.75) is 57.7 Å². The van der Waals surface area contributed by atoms with Crippen molar-refractivity contribution in [1.82, 2.24) is 5.32 Å². The lowest BCUT2D eigenvalue weighted by Gasteiger charge is -2.41.